The molecule has 1 aromatic heterocycles. The molecule has 43 heavy (non-hydrogen) atoms. The fourth-order valence-electron chi connectivity index (χ4n) is 4.99. The summed E-state index contributed by atoms with van der Waals surface area (Å²) in [5.41, 5.74) is 5.91. The number of hydrazine groups is 1. The summed E-state index contributed by atoms with van der Waals surface area (Å²) in [5, 5.41) is 15.6. The van der Waals surface area contributed by atoms with Gasteiger partial charge in [-0.15, -0.1) is 0 Å². The monoisotopic (exact) mass is 576 g/mol. The highest BCUT2D eigenvalue weighted by atomic mass is 16.5. The van der Waals surface area contributed by atoms with Crippen LogP contribution in [0.15, 0.2) is 79.8 Å². The van der Waals surface area contributed by atoms with Crippen molar-refractivity contribution < 1.29 is 4.74 Å². The molecule has 216 valence electrons. The molecule has 2 aromatic carbocycles. The van der Waals surface area contributed by atoms with Gasteiger partial charge in [-0.05, 0) is 42.7 Å². The number of hydrogen-bond acceptors (Lipinski definition) is 11. The minimum Gasteiger partial charge on any atom is -0.383 e. The van der Waals surface area contributed by atoms with Gasteiger partial charge in [0, 0.05) is 25.6 Å². The molecule has 0 radical (unpaired) electrons. The molecule has 3 aromatic rings. The van der Waals surface area contributed by atoms with Crippen molar-refractivity contribution in [1.82, 2.24) is 4.98 Å². The van der Waals surface area contributed by atoms with Gasteiger partial charge in [-0.2, -0.15) is 5.26 Å². The maximum absolute atomic E-state index is 13.5. The zero-order chi connectivity index (χ0) is 30.5. The molecule has 0 saturated carbocycles. The predicted octanol–water partition coefficient (Wildman–Crippen LogP) is 2.61. The highest BCUT2D eigenvalue weighted by Gasteiger charge is 2.19. The lowest BCUT2D eigenvalue weighted by Gasteiger charge is -2.20. The van der Waals surface area contributed by atoms with Crippen LogP contribution in [0.2, 0.25) is 0 Å². The first-order valence-electron chi connectivity index (χ1n) is 13.6. The Bertz CT molecular complexity index is 2140. The first kappa shape index (κ1) is 28.9. The summed E-state index contributed by atoms with van der Waals surface area (Å²) < 4.78 is 5.17. The van der Waals surface area contributed by atoms with E-state index >= 15 is 0 Å². The van der Waals surface area contributed by atoms with E-state index in [1.165, 1.54) is 6.07 Å². The largest absolute Gasteiger partial charge is 0.383 e. The van der Waals surface area contributed by atoms with Gasteiger partial charge in [0.25, 0.3) is 0 Å². The van der Waals surface area contributed by atoms with E-state index in [0.717, 1.165) is 24.1 Å². The van der Waals surface area contributed by atoms with Gasteiger partial charge in [0.2, 0.25) is 5.43 Å². The number of ether oxygens (including phenoxy) is 1. The number of fused-ring (bicyclic) bond motifs is 1. The molecule has 2 aliphatic rings. The van der Waals surface area contributed by atoms with Gasteiger partial charge in [0.15, 0.2) is 22.1 Å². The number of methoxy groups -OCH3 is 1. The Morgan fingerprint density at radius 1 is 0.814 bits per heavy atom. The maximum atomic E-state index is 13.5. The molecule has 11 heteroatoms. The Morgan fingerprint density at radius 2 is 1.51 bits per heavy atom. The second-order valence-corrected chi connectivity index (χ2v) is 9.83. The Kier molecular flexibility index (Phi) is 8.41. The van der Waals surface area contributed by atoms with Crippen LogP contribution >= 0.6 is 0 Å². The molecule has 11 nitrogen and oxygen atoms in total. The molecule has 0 aliphatic heterocycles. The smallest absolute Gasteiger partial charge is 0.200 e. The van der Waals surface area contributed by atoms with E-state index in [1.54, 1.807) is 26.2 Å². The highest BCUT2D eigenvalue weighted by molar-refractivity contribution is 5.94. The molecule has 0 spiro atoms. The molecule has 0 saturated heterocycles. The van der Waals surface area contributed by atoms with E-state index in [0.29, 0.717) is 48.1 Å². The second-order valence-electron chi connectivity index (χ2n) is 9.83. The molecule has 4 N–H and O–H groups in total. The van der Waals surface area contributed by atoms with Gasteiger partial charge in [0.1, 0.15) is 17.6 Å². The molecule has 5 rings (SSSR count). The Hall–Kier alpha value is -5.60. The maximum Gasteiger partial charge on any atom is 0.200 e. The van der Waals surface area contributed by atoms with Crippen LogP contribution in [-0.4, -0.2) is 31.8 Å². The molecule has 0 unspecified atom stereocenters. The third kappa shape index (κ3) is 5.64. The minimum absolute atomic E-state index is 0.0102. The molecule has 0 fully saturated rings. The first-order valence-corrected chi connectivity index (χ1v) is 13.6. The van der Waals surface area contributed by atoms with Crippen molar-refractivity contribution in [3.8, 4) is 6.07 Å². The lowest BCUT2D eigenvalue weighted by Crippen LogP contribution is -2.28. The van der Waals surface area contributed by atoms with Crippen molar-refractivity contribution in [2.75, 3.05) is 48.3 Å². The van der Waals surface area contributed by atoms with E-state index in [-0.39, 0.29) is 16.5 Å². The lowest BCUT2D eigenvalue weighted by atomic mass is 10.0. The minimum atomic E-state index is -0.721. The molecule has 2 aliphatic carbocycles. The normalized spacial score (nSPS) is 10.9. The van der Waals surface area contributed by atoms with Crippen LogP contribution in [0.25, 0.3) is 10.8 Å². The van der Waals surface area contributed by atoms with Crippen molar-refractivity contribution in [2.24, 2.45) is 0 Å². The summed E-state index contributed by atoms with van der Waals surface area (Å²) >= 11 is 0. The van der Waals surface area contributed by atoms with Gasteiger partial charge in [-0.25, -0.2) is 4.98 Å². The third-order valence-corrected chi connectivity index (χ3v) is 7.15. The van der Waals surface area contributed by atoms with Gasteiger partial charge < -0.3 is 15.4 Å². The number of pyridine rings is 1. The van der Waals surface area contributed by atoms with Crippen LogP contribution in [-0.2, 0) is 11.2 Å². The lowest BCUT2D eigenvalue weighted by molar-refractivity contribution is 0.210. The number of anilines is 4. The summed E-state index contributed by atoms with van der Waals surface area (Å²) in [6.45, 7) is 3.13. The van der Waals surface area contributed by atoms with Crippen molar-refractivity contribution in [3.63, 3.8) is 0 Å². The van der Waals surface area contributed by atoms with Crippen molar-refractivity contribution in [1.29, 1.82) is 5.26 Å². The predicted molar refractivity (Wildman–Crippen MR) is 167 cm³/mol. The van der Waals surface area contributed by atoms with Crippen molar-refractivity contribution in [2.45, 2.75) is 13.3 Å². The quantitative estimate of drug-likeness (QED) is 0.135. The number of aromatic nitrogens is 1. The number of nitrogens with zero attached hydrogens (tertiary/aromatic N) is 2. The average molecular weight is 577 g/mol. The number of rotatable bonds is 11. The fraction of sp³-hybridized carbons (Fsp3) is 0.188. The Morgan fingerprint density at radius 3 is 2.21 bits per heavy atom. The van der Waals surface area contributed by atoms with Gasteiger partial charge in [-0.1, -0.05) is 42.5 Å². The summed E-state index contributed by atoms with van der Waals surface area (Å²) in [7, 11) is 1.58. The van der Waals surface area contributed by atoms with Crippen LogP contribution in [0.3, 0.4) is 0 Å². The van der Waals surface area contributed by atoms with Crippen LogP contribution in [0, 0.1) is 28.7 Å². The van der Waals surface area contributed by atoms with Gasteiger partial charge in [0.05, 0.1) is 33.7 Å². The van der Waals surface area contributed by atoms with E-state index in [1.807, 2.05) is 30.3 Å². The van der Waals surface area contributed by atoms with Crippen molar-refractivity contribution in [3.05, 3.63) is 129 Å². The summed E-state index contributed by atoms with van der Waals surface area (Å²) in [6, 6.07) is 18.7. The van der Waals surface area contributed by atoms with E-state index in [9.17, 15) is 24.4 Å². The molecular formula is C32H28N6O5. The zero-order valence-corrected chi connectivity index (χ0v) is 23.5. The number of hydrogen-bond donors (Lipinski definition) is 4. The topological polar surface area (TPSA) is 162 Å². The summed E-state index contributed by atoms with van der Waals surface area (Å²) in [5.74, 6) is 0.825. The molecule has 1 heterocycles. The third-order valence-electron chi connectivity index (χ3n) is 7.15. The average Bonchev–Trinajstić information content (AvgIpc) is 3.01. The van der Waals surface area contributed by atoms with E-state index in [4.69, 9.17) is 4.74 Å². The van der Waals surface area contributed by atoms with Crippen molar-refractivity contribution >= 4 is 33.8 Å². The van der Waals surface area contributed by atoms with E-state index < -0.39 is 32.2 Å². The van der Waals surface area contributed by atoms with Gasteiger partial charge in [-0.3, -0.25) is 30.0 Å². The number of benzene rings is 2. The number of nitriles is 1. The second kappa shape index (κ2) is 12.5. The first-order chi connectivity index (χ1) is 20.8. The summed E-state index contributed by atoms with van der Waals surface area (Å²) in [4.78, 5) is 56.3. The number of nitrogens with one attached hydrogen (secondary N) is 4. The fourth-order valence-corrected chi connectivity index (χ4v) is 4.99. The van der Waals surface area contributed by atoms with Crippen LogP contribution in [0.5, 0.6) is 0 Å². The zero-order valence-electron chi connectivity index (χ0n) is 23.5. The molecule has 0 bridgehead atoms. The van der Waals surface area contributed by atoms with E-state index in [2.05, 4.69) is 32.5 Å². The molecular weight excluding hydrogens is 548 g/mol. The van der Waals surface area contributed by atoms with Crippen LogP contribution < -0.4 is 43.2 Å². The standard InChI is InChI=1S/C32H28N6O5/c1-18-21(17-33)31(34-14-13-19-7-4-3-5-8-19)36-32(35-15-16-43-2)28(18)38-37-22-10-6-9-20-25(22)30(42)27-24(40)12-11-23(39)26(27)29(20)41/h3-12,37-38H,13-16H2,1-2H3,(H2,34,35,36). The summed E-state index contributed by atoms with van der Waals surface area (Å²) in [6.07, 6.45) is 0.730. The highest BCUT2D eigenvalue weighted by Crippen LogP contribution is 2.32. The molecule has 0 atom stereocenters. The Labute approximate surface area is 245 Å². The molecule has 0 amide bonds. The Balaban J connectivity index is 1.54. The van der Waals surface area contributed by atoms with Crippen LogP contribution in [0.1, 0.15) is 16.7 Å². The van der Waals surface area contributed by atoms with Gasteiger partial charge >= 0.3 is 0 Å². The SMILES string of the molecule is COCCNc1nc(NCCc2ccccc2)c(C#N)c(C)c1NNc1cccc2c(=O)c3c(=O)ccc(=O)c=3c(=O)c12. The van der Waals surface area contributed by atoms with Crippen LogP contribution in [0.4, 0.5) is 23.0 Å².